The van der Waals surface area contributed by atoms with Crippen LogP contribution in [0.5, 0.6) is 0 Å². The van der Waals surface area contributed by atoms with Gasteiger partial charge in [-0.15, -0.1) is 0 Å². The number of amides is 1. The molecule has 0 spiro atoms. The van der Waals surface area contributed by atoms with E-state index in [2.05, 4.69) is 15.3 Å². The summed E-state index contributed by atoms with van der Waals surface area (Å²) in [6.07, 6.45) is 3.74. The molecule has 1 aliphatic rings. The lowest BCUT2D eigenvalue weighted by Gasteiger charge is -2.17. The summed E-state index contributed by atoms with van der Waals surface area (Å²) in [5.41, 5.74) is 1.26. The monoisotopic (exact) mass is 311 g/mol. The number of nitrogens with zero attached hydrogens (tertiary/aromatic N) is 2. The number of aromatic carboxylic acids is 1. The first kappa shape index (κ1) is 15.1. The van der Waals surface area contributed by atoms with Gasteiger partial charge in [-0.1, -0.05) is 6.07 Å². The van der Waals surface area contributed by atoms with Gasteiger partial charge in [0.15, 0.2) is 5.82 Å². The van der Waals surface area contributed by atoms with Crippen molar-refractivity contribution in [3.8, 4) is 0 Å². The molecule has 0 saturated heterocycles. The molecule has 1 fully saturated rings. The third-order valence-electron chi connectivity index (χ3n) is 3.84. The summed E-state index contributed by atoms with van der Waals surface area (Å²) >= 11 is 0. The maximum absolute atomic E-state index is 12.5. The van der Waals surface area contributed by atoms with Gasteiger partial charge in [-0.2, -0.15) is 0 Å². The molecule has 1 amide bonds. The molecular weight excluding hydrogens is 294 g/mol. The Morgan fingerprint density at radius 1 is 1.26 bits per heavy atom. The first-order valence-electron chi connectivity index (χ1n) is 7.48. The number of aromatic nitrogens is 2. The van der Waals surface area contributed by atoms with Crippen LogP contribution in [0.3, 0.4) is 0 Å². The molecular formula is C17H17N3O3. The molecule has 0 aliphatic heterocycles. The van der Waals surface area contributed by atoms with E-state index in [1.54, 1.807) is 18.3 Å². The van der Waals surface area contributed by atoms with Crippen molar-refractivity contribution in [3.05, 3.63) is 59.2 Å². The van der Waals surface area contributed by atoms with Crippen LogP contribution < -0.4 is 5.32 Å². The second kappa shape index (κ2) is 6.16. The molecule has 1 aliphatic carbocycles. The highest BCUT2D eigenvalue weighted by Gasteiger charge is 2.35. The number of rotatable bonds is 5. The molecule has 1 aromatic heterocycles. The minimum absolute atomic E-state index is 0.0902. The van der Waals surface area contributed by atoms with Crippen LogP contribution in [0.25, 0.3) is 0 Å². The van der Waals surface area contributed by atoms with Crippen LogP contribution in [0.2, 0.25) is 0 Å². The Balaban J connectivity index is 1.82. The number of aryl methyl sites for hydroxylation is 1. The highest BCUT2D eigenvalue weighted by atomic mass is 16.4. The molecule has 1 saturated carbocycles. The minimum Gasteiger partial charge on any atom is -0.478 e. The Bertz CT molecular complexity index is 756. The largest absolute Gasteiger partial charge is 0.478 e. The van der Waals surface area contributed by atoms with Crippen molar-refractivity contribution in [1.82, 2.24) is 15.3 Å². The minimum atomic E-state index is -1.06. The van der Waals surface area contributed by atoms with Crippen LogP contribution in [-0.2, 0) is 0 Å². The summed E-state index contributed by atoms with van der Waals surface area (Å²) in [5, 5.41) is 12.0. The molecule has 6 heteroatoms. The van der Waals surface area contributed by atoms with Crippen LogP contribution in [0.1, 0.15) is 51.1 Å². The molecule has 3 rings (SSSR count). The quantitative estimate of drug-likeness (QED) is 0.884. The van der Waals surface area contributed by atoms with Crippen LogP contribution >= 0.6 is 0 Å². The third-order valence-corrected chi connectivity index (χ3v) is 3.84. The molecule has 1 unspecified atom stereocenters. The topological polar surface area (TPSA) is 92.2 Å². The van der Waals surface area contributed by atoms with Gasteiger partial charge in [-0.25, -0.2) is 14.8 Å². The Kier molecular flexibility index (Phi) is 4.06. The average molecular weight is 311 g/mol. The van der Waals surface area contributed by atoms with E-state index in [1.165, 1.54) is 12.1 Å². The molecule has 0 bridgehead atoms. The number of carboxylic acid groups (broad SMARTS) is 1. The summed E-state index contributed by atoms with van der Waals surface area (Å²) in [4.78, 5) is 32.2. The zero-order chi connectivity index (χ0) is 16.4. The highest BCUT2D eigenvalue weighted by Crippen LogP contribution is 2.40. The molecule has 6 nitrogen and oxygen atoms in total. The fourth-order valence-corrected chi connectivity index (χ4v) is 2.46. The summed E-state index contributed by atoms with van der Waals surface area (Å²) in [6, 6.07) is 7.57. The van der Waals surface area contributed by atoms with E-state index >= 15 is 0 Å². The van der Waals surface area contributed by atoms with Crippen LogP contribution in [-0.4, -0.2) is 27.0 Å². The second-order valence-corrected chi connectivity index (χ2v) is 5.73. The van der Waals surface area contributed by atoms with Crippen molar-refractivity contribution in [1.29, 1.82) is 0 Å². The average Bonchev–Trinajstić information content (AvgIpc) is 3.37. The van der Waals surface area contributed by atoms with E-state index in [9.17, 15) is 9.59 Å². The van der Waals surface area contributed by atoms with Gasteiger partial charge >= 0.3 is 5.97 Å². The smallest absolute Gasteiger partial charge is 0.335 e. The van der Waals surface area contributed by atoms with Crippen LogP contribution in [0.4, 0.5) is 0 Å². The lowest BCUT2D eigenvalue weighted by Crippen LogP contribution is -2.31. The van der Waals surface area contributed by atoms with Gasteiger partial charge < -0.3 is 10.4 Å². The van der Waals surface area contributed by atoms with E-state index < -0.39 is 5.97 Å². The van der Waals surface area contributed by atoms with Crippen molar-refractivity contribution in [2.75, 3.05) is 0 Å². The lowest BCUT2D eigenvalue weighted by atomic mass is 10.1. The summed E-state index contributed by atoms with van der Waals surface area (Å²) in [6.45, 7) is 1.88. The molecule has 0 radical (unpaired) electrons. The molecule has 1 heterocycles. The van der Waals surface area contributed by atoms with Gasteiger partial charge in [-0.05, 0) is 49.9 Å². The van der Waals surface area contributed by atoms with Crippen molar-refractivity contribution in [3.63, 3.8) is 0 Å². The summed E-state index contributed by atoms with van der Waals surface area (Å²) < 4.78 is 0. The SMILES string of the molecule is Cc1ccnc(C(NC(=O)c2cccc(C(=O)O)c2)C2CC2)n1. The van der Waals surface area contributed by atoms with Crippen molar-refractivity contribution >= 4 is 11.9 Å². The van der Waals surface area contributed by atoms with Gasteiger partial charge in [0, 0.05) is 17.5 Å². The highest BCUT2D eigenvalue weighted by molar-refractivity contribution is 5.97. The van der Waals surface area contributed by atoms with Crippen molar-refractivity contribution < 1.29 is 14.7 Å². The maximum atomic E-state index is 12.5. The predicted molar refractivity (Wildman–Crippen MR) is 83.1 cm³/mol. The number of carbonyl (C=O) groups is 2. The number of carbonyl (C=O) groups excluding carboxylic acids is 1. The lowest BCUT2D eigenvalue weighted by molar-refractivity contribution is 0.0697. The fraction of sp³-hybridized carbons (Fsp3) is 0.294. The van der Waals surface area contributed by atoms with E-state index in [1.807, 2.05) is 13.0 Å². The Morgan fingerprint density at radius 3 is 2.65 bits per heavy atom. The zero-order valence-electron chi connectivity index (χ0n) is 12.7. The molecule has 1 aromatic carbocycles. The molecule has 2 N–H and O–H groups in total. The maximum Gasteiger partial charge on any atom is 0.335 e. The number of carboxylic acids is 1. The number of hydrogen-bond donors (Lipinski definition) is 2. The molecule has 2 aromatic rings. The van der Waals surface area contributed by atoms with E-state index in [0.29, 0.717) is 17.3 Å². The number of hydrogen-bond acceptors (Lipinski definition) is 4. The van der Waals surface area contributed by atoms with Crippen LogP contribution in [0, 0.1) is 12.8 Å². The van der Waals surface area contributed by atoms with E-state index in [4.69, 9.17) is 5.11 Å². The van der Waals surface area contributed by atoms with Crippen molar-refractivity contribution in [2.24, 2.45) is 5.92 Å². The summed E-state index contributed by atoms with van der Waals surface area (Å²) in [5.74, 6) is -0.422. The second-order valence-electron chi connectivity index (χ2n) is 5.73. The number of nitrogens with one attached hydrogen (secondary N) is 1. The number of benzene rings is 1. The van der Waals surface area contributed by atoms with Gasteiger partial charge in [0.2, 0.25) is 0 Å². The fourth-order valence-electron chi connectivity index (χ4n) is 2.46. The Morgan fingerprint density at radius 2 is 2.00 bits per heavy atom. The van der Waals surface area contributed by atoms with Gasteiger partial charge in [0.05, 0.1) is 11.6 Å². The Hall–Kier alpha value is -2.76. The normalized spacial score (nSPS) is 15.0. The van der Waals surface area contributed by atoms with E-state index in [-0.39, 0.29) is 17.5 Å². The van der Waals surface area contributed by atoms with Gasteiger partial charge in [0.25, 0.3) is 5.91 Å². The van der Waals surface area contributed by atoms with Crippen molar-refractivity contribution in [2.45, 2.75) is 25.8 Å². The first-order chi connectivity index (χ1) is 11.0. The van der Waals surface area contributed by atoms with Gasteiger partial charge in [-0.3, -0.25) is 4.79 Å². The third kappa shape index (κ3) is 3.53. The summed E-state index contributed by atoms with van der Waals surface area (Å²) in [7, 11) is 0. The van der Waals surface area contributed by atoms with Gasteiger partial charge in [0.1, 0.15) is 0 Å². The van der Waals surface area contributed by atoms with E-state index in [0.717, 1.165) is 18.5 Å². The first-order valence-corrected chi connectivity index (χ1v) is 7.48. The molecule has 1 atom stereocenters. The zero-order valence-corrected chi connectivity index (χ0v) is 12.7. The predicted octanol–water partition coefficient (Wildman–Crippen LogP) is 2.36. The Labute approximate surface area is 133 Å². The molecule has 118 valence electrons. The standard InChI is InChI=1S/C17H17N3O3/c1-10-7-8-18-15(19-10)14(11-5-6-11)20-16(21)12-3-2-4-13(9-12)17(22)23/h2-4,7-9,11,14H,5-6H2,1H3,(H,20,21)(H,22,23). The van der Waals surface area contributed by atoms with Crippen LogP contribution in [0.15, 0.2) is 36.5 Å². The molecule has 23 heavy (non-hydrogen) atoms.